The fourth-order valence-electron chi connectivity index (χ4n) is 3.14. The van der Waals surface area contributed by atoms with Crippen LogP contribution in [0, 0.1) is 13.8 Å². The first-order chi connectivity index (χ1) is 12.3. The summed E-state index contributed by atoms with van der Waals surface area (Å²) in [5.41, 5.74) is 1.91. The largest absolute Gasteiger partial charge is 0.348 e. The number of fused-ring (bicyclic) bond motifs is 1. The molecule has 1 fully saturated rings. The Labute approximate surface area is 154 Å². The molecule has 7 nitrogen and oxygen atoms in total. The third-order valence-electron chi connectivity index (χ3n) is 4.42. The minimum absolute atomic E-state index is 0.0213. The maximum absolute atomic E-state index is 12.9. The molecule has 1 N–H and O–H groups in total. The number of sulfone groups is 1. The molecule has 0 unspecified atom stereocenters. The Morgan fingerprint density at radius 1 is 1.35 bits per heavy atom. The van der Waals surface area contributed by atoms with E-state index in [0.717, 1.165) is 9.75 Å². The molecule has 0 saturated carbocycles. The monoisotopic (exact) mass is 391 g/mol. The van der Waals surface area contributed by atoms with Crippen molar-refractivity contribution in [1.29, 1.82) is 0 Å². The van der Waals surface area contributed by atoms with E-state index in [-0.39, 0.29) is 23.5 Å². The highest BCUT2D eigenvalue weighted by molar-refractivity contribution is 7.91. The van der Waals surface area contributed by atoms with Gasteiger partial charge in [0.2, 0.25) is 0 Å². The number of aromatic nitrogens is 2. The molecular weight excluding hydrogens is 374 g/mol. The minimum Gasteiger partial charge on any atom is -0.348 e. The van der Waals surface area contributed by atoms with Crippen LogP contribution in [-0.2, 0) is 9.84 Å². The number of pyridine rings is 1. The summed E-state index contributed by atoms with van der Waals surface area (Å²) >= 11 is 1.57. The zero-order valence-corrected chi connectivity index (χ0v) is 15.9. The van der Waals surface area contributed by atoms with Crippen LogP contribution in [0.5, 0.6) is 0 Å². The minimum atomic E-state index is -3.07. The van der Waals surface area contributed by atoms with Crippen molar-refractivity contribution in [3.63, 3.8) is 0 Å². The average molecular weight is 391 g/mol. The van der Waals surface area contributed by atoms with E-state index in [1.54, 1.807) is 24.3 Å². The van der Waals surface area contributed by atoms with E-state index >= 15 is 0 Å². The number of nitrogens with zero attached hydrogens (tertiary/aromatic N) is 2. The third-order valence-corrected chi connectivity index (χ3v) is 7.21. The number of amides is 1. The van der Waals surface area contributed by atoms with E-state index in [0.29, 0.717) is 34.5 Å². The van der Waals surface area contributed by atoms with Crippen molar-refractivity contribution in [3.8, 4) is 10.6 Å². The van der Waals surface area contributed by atoms with Gasteiger partial charge in [-0.15, -0.1) is 11.3 Å². The standard InChI is InChI=1S/C17H17N3O4S2/c1-9-3-4-14(25-9)13-7-12(15-10(2)20-24-17(15)19-13)16(21)18-11-5-6-26(22,23)8-11/h3-4,7,11H,5-6,8H2,1-2H3,(H,18,21)/t11-/m0/s1. The molecule has 4 heterocycles. The molecule has 9 heteroatoms. The molecule has 26 heavy (non-hydrogen) atoms. The van der Waals surface area contributed by atoms with Gasteiger partial charge in [-0.1, -0.05) is 5.16 Å². The highest BCUT2D eigenvalue weighted by Crippen LogP contribution is 2.31. The summed E-state index contributed by atoms with van der Waals surface area (Å²) in [6.45, 7) is 3.75. The molecule has 1 amide bonds. The van der Waals surface area contributed by atoms with Crippen molar-refractivity contribution in [2.24, 2.45) is 0 Å². The number of hydrogen-bond donors (Lipinski definition) is 1. The van der Waals surface area contributed by atoms with Gasteiger partial charge in [0.25, 0.3) is 11.6 Å². The Morgan fingerprint density at radius 2 is 2.15 bits per heavy atom. The van der Waals surface area contributed by atoms with Gasteiger partial charge < -0.3 is 9.84 Å². The highest BCUT2D eigenvalue weighted by atomic mass is 32.2. The normalized spacial score (nSPS) is 19.1. The first-order valence-corrected chi connectivity index (χ1v) is 10.8. The van der Waals surface area contributed by atoms with E-state index in [9.17, 15) is 13.2 Å². The Balaban J connectivity index is 1.75. The van der Waals surface area contributed by atoms with Gasteiger partial charge in [-0.3, -0.25) is 4.79 Å². The van der Waals surface area contributed by atoms with Crippen LogP contribution in [-0.4, -0.2) is 42.0 Å². The van der Waals surface area contributed by atoms with Gasteiger partial charge in [-0.25, -0.2) is 13.4 Å². The molecule has 1 aliphatic heterocycles. The van der Waals surface area contributed by atoms with Gasteiger partial charge in [-0.05, 0) is 38.5 Å². The molecule has 0 bridgehead atoms. The van der Waals surface area contributed by atoms with E-state index in [1.165, 1.54) is 0 Å². The smallest absolute Gasteiger partial charge is 0.259 e. The molecule has 1 saturated heterocycles. The number of nitrogens with one attached hydrogen (secondary N) is 1. The fourth-order valence-corrected chi connectivity index (χ4v) is 5.65. The number of rotatable bonds is 3. The number of thiophene rings is 1. The maximum Gasteiger partial charge on any atom is 0.259 e. The topological polar surface area (TPSA) is 102 Å². The molecule has 0 spiro atoms. The van der Waals surface area contributed by atoms with Crippen LogP contribution in [0.1, 0.15) is 27.3 Å². The summed E-state index contributed by atoms with van der Waals surface area (Å²) in [6, 6.07) is 5.28. The number of carbonyl (C=O) groups excluding carboxylic acids is 1. The van der Waals surface area contributed by atoms with Crippen LogP contribution >= 0.6 is 11.3 Å². The lowest BCUT2D eigenvalue weighted by Gasteiger charge is -2.12. The molecule has 0 aromatic carbocycles. The zero-order valence-electron chi connectivity index (χ0n) is 14.3. The molecule has 136 valence electrons. The average Bonchev–Trinajstić information content (AvgIpc) is 3.26. The van der Waals surface area contributed by atoms with Gasteiger partial charge in [0, 0.05) is 10.9 Å². The SMILES string of the molecule is Cc1ccc(-c2cc(C(=O)N[C@H]3CCS(=O)(=O)C3)c3c(C)noc3n2)s1. The van der Waals surface area contributed by atoms with Gasteiger partial charge in [-0.2, -0.15) is 0 Å². The molecule has 3 aromatic rings. The van der Waals surface area contributed by atoms with Gasteiger partial charge in [0.15, 0.2) is 9.84 Å². The maximum atomic E-state index is 12.9. The first kappa shape index (κ1) is 17.2. The lowest BCUT2D eigenvalue weighted by Crippen LogP contribution is -2.35. The summed E-state index contributed by atoms with van der Waals surface area (Å²) in [4.78, 5) is 19.4. The Morgan fingerprint density at radius 3 is 2.81 bits per heavy atom. The van der Waals surface area contributed by atoms with Crippen molar-refractivity contribution < 1.29 is 17.7 Å². The quantitative estimate of drug-likeness (QED) is 0.736. The van der Waals surface area contributed by atoms with Crippen LogP contribution in [0.25, 0.3) is 21.7 Å². The highest BCUT2D eigenvalue weighted by Gasteiger charge is 2.30. The molecule has 0 radical (unpaired) electrons. The van der Waals surface area contributed by atoms with Crippen molar-refractivity contribution >= 4 is 38.2 Å². The van der Waals surface area contributed by atoms with E-state index in [2.05, 4.69) is 15.5 Å². The number of hydrogen-bond acceptors (Lipinski definition) is 7. The van der Waals surface area contributed by atoms with Crippen LogP contribution in [0.3, 0.4) is 0 Å². The Bertz CT molecular complexity index is 1110. The second-order valence-corrected chi connectivity index (χ2v) is 10.0. The second-order valence-electron chi connectivity index (χ2n) is 6.49. The van der Waals surface area contributed by atoms with Crippen molar-refractivity contribution in [2.75, 3.05) is 11.5 Å². The molecule has 1 aliphatic rings. The fraction of sp³-hybridized carbons (Fsp3) is 0.353. The predicted molar refractivity (Wildman–Crippen MR) is 99.1 cm³/mol. The summed E-state index contributed by atoms with van der Waals surface area (Å²) in [5.74, 6) is -0.247. The van der Waals surface area contributed by atoms with E-state index < -0.39 is 9.84 Å². The van der Waals surface area contributed by atoms with Crippen LogP contribution in [0.4, 0.5) is 0 Å². The Hall–Kier alpha value is -2.26. The predicted octanol–water partition coefficient (Wildman–Crippen LogP) is 2.49. The molecule has 0 aliphatic carbocycles. The van der Waals surface area contributed by atoms with E-state index in [4.69, 9.17) is 4.52 Å². The number of carbonyl (C=O) groups is 1. The van der Waals surface area contributed by atoms with Crippen LogP contribution in [0.15, 0.2) is 22.7 Å². The number of aryl methyl sites for hydroxylation is 2. The van der Waals surface area contributed by atoms with Gasteiger partial charge in [0.05, 0.1) is 38.7 Å². The van der Waals surface area contributed by atoms with E-state index in [1.807, 2.05) is 19.1 Å². The third kappa shape index (κ3) is 3.12. The summed E-state index contributed by atoms with van der Waals surface area (Å²) in [5, 5.41) is 7.31. The van der Waals surface area contributed by atoms with Crippen molar-refractivity contribution in [1.82, 2.24) is 15.5 Å². The lowest BCUT2D eigenvalue weighted by molar-refractivity contribution is 0.0942. The molecule has 1 atom stereocenters. The lowest BCUT2D eigenvalue weighted by atomic mass is 10.1. The second kappa shape index (κ2) is 6.17. The molecule has 4 rings (SSSR count). The van der Waals surface area contributed by atoms with Gasteiger partial charge in [0.1, 0.15) is 0 Å². The van der Waals surface area contributed by atoms with Crippen LogP contribution in [0.2, 0.25) is 0 Å². The molecular formula is C17H17N3O4S2. The van der Waals surface area contributed by atoms with Crippen LogP contribution < -0.4 is 5.32 Å². The van der Waals surface area contributed by atoms with Crippen molar-refractivity contribution in [2.45, 2.75) is 26.3 Å². The molecule has 3 aromatic heterocycles. The summed E-state index contributed by atoms with van der Waals surface area (Å²) in [7, 11) is -3.07. The zero-order chi connectivity index (χ0) is 18.5. The Kier molecular flexibility index (Phi) is 4.07. The first-order valence-electron chi connectivity index (χ1n) is 8.17. The van der Waals surface area contributed by atoms with Crippen molar-refractivity contribution in [3.05, 3.63) is 34.3 Å². The van der Waals surface area contributed by atoms with Gasteiger partial charge >= 0.3 is 0 Å². The summed E-state index contributed by atoms with van der Waals surface area (Å²) < 4.78 is 28.6. The summed E-state index contributed by atoms with van der Waals surface area (Å²) in [6.07, 6.45) is 0.432.